The van der Waals surface area contributed by atoms with Gasteiger partial charge in [-0.25, -0.2) is 0 Å². The second-order valence-electron chi connectivity index (χ2n) is 0.750. The van der Waals surface area contributed by atoms with Crippen molar-refractivity contribution in [2.24, 2.45) is 0 Å². The average molecular weight is 788 g/mol. The predicted octanol–water partition coefficient (Wildman–Crippen LogP) is -7.70. The molecule has 100 valence electrons. The van der Waals surface area contributed by atoms with Crippen molar-refractivity contribution in [2.45, 2.75) is 0 Å². The Morgan fingerprint density at radius 1 is 0.421 bits per heavy atom. The summed E-state index contributed by atoms with van der Waals surface area (Å²) in [7, 11) is 0. The van der Waals surface area contributed by atoms with Crippen LogP contribution in [0.1, 0.15) is 0 Å². The summed E-state index contributed by atoms with van der Waals surface area (Å²) in [4.78, 5) is 25.0. The summed E-state index contributed by atoms with van der Waals surface area (Å²) in [5.74, 6) is 0. The van der Waals surface area contributed by atoms with Gasteiger partial charge in [-0.05, 0) is 18.5 Å². The van der Waals surface area contributed by atoms with Gasteiger partial charge in [-0.2, -0.15) is 0 Å². The molecule has 12 nitrogen and oxygen atoms in total. The molecule has 16 heteroatoms. The minimum Gasteiger partial charge on any atom is -2.00 e. The van der Waals surface area contributed by atoms with E-state index in [2.05, 4.69) is 0 Å². The maximum atomic E-state index is 8.33. The van der Waals surface area contributed by atoms with Crippen LogP contribution in [0.2, 0.25) is 0 Å². The van der Waals surface area contributed by atoms with E-state index in [4.69, 9.17) is 45.0 Å². The van der Waals surface area contributed by atoms with Crippen LogP contribution in [-0.4, -0.2) is 18.5 Å². The Balaban J connectivity index is -0.00000000675. The zero-order valence-corrected chi connectivity index (χ0v) is 21.0. The van der Waals surface area contributed by atoms with Crippen LogP contribution in [0.25, 0.3) is 0 Å². The summed E-state index contributed by atoms with van der Waals surface area (Å²) in [5.41, 5.74) is 0. The van der Waals surface area contributed by atoms with E-state index in [-0.39, 0.29) is 183 Å². The molecule has 0 aromatic heterocycles. The molecule has 0 saturated heterocycles. The molecule has 0 amide bonds. The summed E-state index contributed by atoms with van der Waals surface area (Å²) in [5, 5.41) is 50.0. The Kier molecular flexibility index (Phi) is 205. The molecule has 0 spiro atoms. The fourth-order valence-electron chi connectivity index (χ4n) is 0. The molecule has 0 unspecified atom stereocenters. The van der Waals surface area contributed by atoms with Gasteiger partial charge in [0.05, 0.1) is 0 Å². The molecular weight excluding hydrogens is 788 g/mol. The van der Waals surface area contributed by atoms with E-state index >= 15 is 0 Å². The predicted molar refractivity (Wildman–Crippen MR) is 18.2 cm³/mol. The third kappa shape index (κ3) is 764. The van der Waals surface area contributed by atoms with Gasteiger partial charge >= 0.3 is 167 Å². The number of carbonyl (C=O) groups is 3. The van der Waals surface area contributed by atoms with Crippen LogP contribution in [0.15, 0.2) is 0 Å². The molecule has 4 radical (unpaired) electrons. The van der Waals surface area contributed by atoms with E-state index in [1.807, 2.05) is 0 Å². The standard InChI is InChI=1S/3CH2O3.4Ce.3O/c3*2-1(3)4;;;;;;;/h3*(H2,2,3,4);;;;;;;/q;;;4*+3;3*-2/p-6. The van der Waals surface area contributed by atoms with Crippen LogP contribution >= 0.6 is 0 Å². The van der Waals surface area contributed by atoms with E-state index in [0.29, 0.717) is 0 Å². The van der Waals surface area contributed by atoms with E-state index in [1.165, 1.54) is 0 Å². The third-order valence-corrected chi connectivity index (χ3v) is 0. The summed E-state index contributed by atoms with van der Waals surface area (Å²) in [6.45, 7) is 0. The minimum atomic E-state index is -2.33. The molecule has 0 heterocycles. The SMILES string of the molecule is O=C([O-])[O-].O=C([O-])[O-].O=C([O-])[O-].[Ce+3].[Ce+3].[Ce+3].[Ce+3].[O-2].[O-2].[O-2]. The fourth-order valence-corrected chi connectivity index (χ4v) is 0. The molecule has 0 N–H and O–H groups in total. The molecule has 0 saturated carbocycles. The van der Waals surface area contributed by atoms with Crippen molar-refractivity contribution in [1.29, 1.82) is 0 Å². The molecule has 0 aliphatic rings. The molecule has 0 rings (SSSR count). The van der Waals surface area contributed by atoms with E-state index < -0.39 is 18.5 Å². The first-order valence-electron chi connectivity index (χ1n) is 1.84. The fraction of sp³-hybridized carbons (Fsp3) is 0. The first-order chi connectivity index (χ1) is 5.20. The molecule has 19 heavy (non-hydrogen) atoms. The first kappa shape index (κ1) is 67.0. The van der Waals surface area contributed by atoms with E-state index in [0.717, 1.165) is 0 Å². The van der Waals surface area contributed by atoms with Crippen molar-refractivity contribution >= 4 is 18.5 Å². The molecule has 0 aromatic rings. The summed E-state index contributed by atoms with van der Waals surface area (Å²) in [6, 6.07) is 0. The summed E-state index contributed by atoms with van der Waals surface area (Å²) in [6.07, 6.45) is -7.00. The van der Waals surface area contributed by atoms with Gasteiger partial charge in [0.15, 0.2) is 0 Å². The second kappa shape index (κ2) is 58.1. The van der Waals surface area contributed by atoms with E-state index in [1.54, 1.807) is 0 Å². The number of rotatable bonds is 0. The van der Waals surface area contributed by atoms with Crippen LogP contribution in [0, 0.1) is 167 Å². The van der Waals surface area contributed by atoms with Gasteiger partial charge in [0.2, 0.25) is 0 Å². The van der Waals surface area contributed by atoms with Crippen LogP contribution in [0.5, 0.6) is 0 Å². The maximum Gasteiger partial charge on any atom is 3.00 e. The number of carboxylic acid groups (broad SMARTS) is 6. The topological polar surface area (TPSA) is 275 Å². The van der Waals surface area contributed by atoms with Crippen molar-refractivity contribution in [1.82, 2.24) is 0 Å². The second-order valence-corrected chi connectivity index (χ2v) is 0.750. The Labute approximate surface area is 241 Å². The van der Waals surface area contributed by atoms with Gasteiger partial charge in [-0.15, -0.1) is 0 Å². The molecule has 0 fully saturated rings. The van der Waals surface area contributed by atoms with Crippen LogP contribution < -0.4 is 30.6 Å². The van der Waals surface area contributed by atoms with Crippen molar-refractivity contribution in [3.63, 3.8) is 0 Å². The third-order valence-electron chi connectivity index (χ3n) is 0. The van der Waals surface area contributed by atoms with Gasteiger partial charge in [-0.3, -0.25) is 0 Å². The van der Waals surface area contributed by atoms with Crippen molar-refractivity contribution in [3.8, 4) is 0 Å². The molecular formula is C3Ce4O12. The van der Waals surface area contributed by atoms with E-state index in [9.17, 15) is 0 Å². The Morgan fingerprint density at radius 3 is 0.421 bits per heavy atom. The van der Waals surface area contributed by atoms with Crippen LogP contribution in [0.3, 0.4) is 0 Å². The largest absolute Gasteiger partial charge is 3.00 e. The number of hydrogen-bond acceptors (Lipinski definition) is 9. The average Bonchev–Trinajstić information content (AvgIpc) is 1.54. The van der Waals surface area contributed by atoms with Crippen LogP contribution in [0.4, 0.5) is 14.4 Å². The summed E-state index contributed by atoms with van der Waals surface area (Å²) >= 11 is 0. The van der Waals surface area contributed by atoms with Crippen molar-refractivity contribution < 1.29 is 228 Å². The van der Waals surface area contributed by atoms with Gasteiger partial charge in [-0.1, -0.05) is 0 Å². The maximum absolute atomic E-state index is 8.33. The number of carbonyl (C=O) groups excluding carboxylic acids is 3. The van der Waals surface area contributed by atoms with Gasteiger partial charge in [0.25, 0.3) is 0 Å². The van der Waals surface area contributed by atoms with Crippen molar-refractivity contribution in [3.05, 3.63) is 0 Å². The first-order valence-corrected chi connectivity index (χ1v) is 1.84. The van der Waals surface area contributed by atoms with Crippen molar-refractivity contribution in [2.75, 3.05) is 0 Å². The molecule has 0 bridgehead atoms. The molecule has 0 aliphatic heterocycles. The smallest absolute Gasteiger partial charge is 2.00 e. The molecule has 0 atom stereocenters. The van der Waals surface area contributed by atoms with Gasteiger partial charge < -0.3 is 61.5 Å². The number of hydrogen-bond donors (Lipinski definition) is 0. The van der Waals surface area contributed by atoms with Gasteiger partial charge in [0.1, 0.15) is 0 Å². The zero-order valence-electron chi connectivity index (χ0n) is 8.40. The molecule has 0 aromatic carbocycles. The normalized spacial score (nSPS) is 3.79. The monoisotopic (exact) mass is 788 g/mol. The quantitative estimate of drug-likeness (QED) is 0.225. The van der Waals surface area contributed by atoms with Crippen LogP contribution in [-0.2, 0) is 16.4 Å². The Morgan fingerprint density at radius 2 is 0.421 bits per heavy atom. The summed E-state index contributed by atoms with van der Waals surface area (Å²) < 4.78 is 0. The minimum absolute atomic E-state index is 0. The molecule has 0 aliphatic carbocycles. The Hall–Kier alpha value is 3.20. The Bertz CT molecular complexity index is 123. The zero-order chi connectivity index (χ0) is 10.7. The van der Waals surface area contributed by atoms with Gasteiger partial charge in [0, 0.05) is 0 Å².